The van der Waals surface area contributed by atoms with Crippen molar-refractivity contribution in [2.45, 2.75) is 11.4 Å². The smallest absolute Gasteiger partial charge is 0.282 e. The van der Waals surface area contributed by atoms with Crippen molar-refractivity contribution >= 4 is 38.7 Å². The molecule has 0 aliphatic carbocycles. The van der Waals surface area contributed by atoms with Crippen LogP contribution < -0.4 is 0 Å². The van der Waals surface area contributed by atoms with Gasteiger partial charge in [0, 0.05) is 17.0 Å². The molecule has 7 heteroatoms. The highest BCUT2D eigenvalue weighted by molar-refractivity contribution is 8.22. The van der Waals surface area contributed by atoms with Crippen molar-refractivity contribution in [3.8, 4) is 0 Å². The van der Waals surface area contributed by atoms with Crippen LogP contribution in [0.4, 0.5) is 0 Å². The van der Waals surface area contributed by atoms with Crippen molar-refractivity contribution in [2.24, 2.45) is 4.40 Å². The van der Waals surface area contributed by atoms with Crippen LogP contribution in [0, 0.1) is 0 Å². The summed E-state index contributed by atoms with van der Waals surface area (Å²) >= 11 is 7.08. The second-order valence-corrected chi connectivity index (χ2v) is 7.45. The van der Waals surface area contributed by atoms with Crippen LogP contribution in [0.15, 0.2) is 63.9 Å². The maximum Gasteiger partial charge on any atom is 0.284 e. The van der Waals surface area contributed by atoms with E-state index in [9.17, 15) is 8.42 Å². The molecule has 0 spiro atoms. The Morgan fingerprint density at radius 1 is 1.05 bits per heavy atom. The second kappa shape index (κ2) is 5.71. The predicted molar refractivity (Wildman–Crippen MR) is 85.6 cm³/mol. The highest BCUT2D eigenvalue weighted by atomic mass is 35.5. The molecule has 2 aromatic carbocycles. The summed E-state index contributed by atoms with van der Waals surface area (Å²) in [6, 6.07) is 15.8. The molecule has 0 N–H and O–H groups in total. The molecule has 1 aliphatic rings. The van der Waals surface area contributed by atoms with Gasteiger partial charge in [0.2, 0.25) is 5.17 Å². The number of amidine groups is 1. The monoisotopic (exact) mass is 338 g/mol. The molecule has 2 aromatic rings. The normalized spacial score (nSPS) is 16.2. The van der Waals surface area contributed by atoms with Crippen molar-refractivity contribution in [3.63, 3.8) is 0 Å². The first-order valence-electron chi connectivity index (χ1n) is 6.14. The van der Waals surface area contributed by atoms with Crippen LogP contribution in [0.3, 0.4) is 0 Å². The van der Waals surface area contributed by atoms with Crippen LogP contribution in [0.1, 0.15) is 5.56 Å². The van der Waals surface area contributed by atoms with Gasteiger partial charge < -0.3 is 0 Å². The van der Waals surface area contributed by atoms with Crippen molar-refractivity contribution in [1.29, 1.82) is 0 Å². The van der Waals surface area contributed by atoms with Gasteiger partial charge >= 0.3 is 0 Å². The van der Waals surface area contributed by atoms with Crippen LogP contribution in [-0.4, -0.2) is 17.9 Å². The second-order valence-electron chi connectivity index (χ2n) is 4.42. The summed E-state index contributed by atoms with van der Waals surface area (Å²) in [6.07, 6.45) is 0. The zero-order valence-corrected chi connectivity index (χ0v) is 13.2. The molecule has 21 heavy (non-hydrogen) atoms. The van der Waals surface area contributed by atoms with Gasteiger partial charge in [0.05, 0.1) is 11.4 Å². The van der Waals surface area contributed by atoms with E-state index in [2.05, 4.69) is 4.40 Å². The molecular formula is C14H11ClN2O2S2. The molecule has 1 aliphatic heterocycles. The number of halogens is 1. The van der Waals surface area contributed by atoms with Gasteiger partial charge in [-0.3, -0.25) is 4.31 Å². The summed E-state index contributed by atoms with van der Waals surface area (Å²) in [6.45, 7) is 0.639. The Balaban J connectivity index is 1.73. The standard InChI is InChI=1S/C14H11ClN2O2S2/c15-12-6-8-13(9-7-12)21(18,19)16-14-17(20-14)10-11-4-2-1-3-5-11/h1-9H,10H2/b16-14+. The summed E-state index contributed by atoms with van der Waals surface area (Å²) in [5, 5.41) is 1.00. The Bertz CT molecular complexity index is 774. The van der Waals surface area contributed by atoms with Crippen molar-refractivity contribution in [2.75, 3.05) is 0 Å². The minimum absolute atomic E-state index is 0.145. The summed E-state index contributed by atoms with van der Waals surface area (Å²) in [5.41, 5.74) is 1.11. The number of hydrogen-bond acceptors (Lipinski definition) is 3. The maximum absolute atomic E-state index is 12.1. The fraction of sp³-hybridized carbons (Fsp3) is 0.0714. The molecule has 0 aromatic heterocycles. The van der Waals surface area contributed by atoms with Crippen LogP contribution in [0.2, 0.25) is 5.02 Å². The van der Waals surface area contributed by atoms with Crippen molar-refractivity contribution in [3.05, 3.63) is 65.2 Å². The summed E-state index contributed by atoms with van der Waals surface area (Å²) in [4.78, 5) is 0.145. The van der Waals surface area contributed by atoms with Gasteiger partial charge in [0.25, 0.3) is 10.0 Å². The van der Waals surface area contributed by atoms with E-state index in [4.69, 9.17) is 11.6 Å². The SMILES string of the molecule is O=S(=O)(/N=C1/SN1Cc1ccccc1)c1ccc(Cl)cc1. The van der Waals surface area contributed by atoms with Crippen molar-refractivity contribution < 1.29 is 8.42 Å². The molecule has 0 amide bonds. The topological polar surface area (TPSA) is 49.5 Å². The lowest BCUT2D eigenvalue weighted by Crippen LogP contribution is -2.02. The molecule has 0 unspecified atom stereocenters. The van der Waals surface area contributed by atoms with E-state index in [1.807, 2.05) is 34.6 Å². The van der Waals surface area contributed by atoms with E-state index in [1.54, 1.807) is 0 Å². The van der Waals surface area contributed by atoms with Gasteiger partial charge in [-0.1, -0.05) is 41.9 Å². The third-order valence-corrected chi connectivity index (χ3v) is 5.32. The minimum Gasteiger partial charge on any atom is -0.282 e. The summed E-state index contributed by atoms with van der Waals surface area (Å²) in [5.74, 6) is 0. The van der Waals surface area contributed by atoms with Crippen LogP contribution >= 0.6 is 23.5 Å². The van der Waals surface area contributed by atoms with E-state index in [0.29, 0.717) is 16.7 Å². The molecule has 1 saturated heterocycles. The first-order valence-corrected chi connectivity index (χ1v) is 8.74. The average Bonchev–Trinajstić information content (AvgIpc) is 3.17. The molecule has 1 fully saturated rings. The largest absolute Gasteiger partial charge is 0.284 e. The van der Waals surface area contributed by atoms with Gasteiger partial charge in [0.1, 0.15) is 0 Å². The maximum atomic E-state index is 12.1. The Kier molecular flexibility index (Phi) is 3.93. The molecule has 0 bridgehead atoms. The first kappa shape index (κ1) is 14.4. The van der Waals surface area contributed by atoms with E-state index >= 15 is 0 Å². The fourth-order valence-corrected chi connectivity index (χ4v) is 3.72. The van der Waals surface area contributed by atoms with Gasteiger partial charge in [0.15, 0.2) is 0 Å². The van der Waals surface area contributed by atoms with Crippen LogP contribution in [0.25, 0.3) is 0 Å². The number of benzene rings is 2. The van der Waals surface area contributed by atoms with E-state index in [-0.39, 0.29) is 4.90 Å². The fourth-order valence-electron chi connectivity index (χ4n) is 1.75. The molecule has 4 nitrogen and oxygen atoms in total. The highest BCUT2D eigenvalue weighted by Gasteiger charge is 2.32. The third-order valence-electron chi connectivity index (χ3n) is 2.85. The quantitative estimate of drug-likeness (QED) is 0.632. The lowest BCUT2D eigenvalue weighted by molar-refractivity contribution is 0.597. The number of nitrogens with zero attached hydrogens (tertiary/aromatic N) is 2. The van der Waals surface area contributed by atoms with Gasteiger partial charge in [-0.05, 0) is 29.8 Å². The molecule has 0 radical (unpaired) electrons. The Labute approximate surface area is 132 Å². The number of rotatable bonds is 4. The Morgan fingerprint density at radius 2 is 1.71 bits per heavy atom. The third kappa shape index (κ3) is 3.58. The molecule has 0 atom stereocenters. The Hall–Kier alpha value is -1.50. The predicted octanol–water partition coefficient (Wildman–Crippen LogP) is 3.55. The van der Waals surface area contributed by atoms with E-state index < -0.39 is 10.0 Å². The van der Waals surface area contributed by atoms with Gasteiger partial charge in [-0.2, -0.15) is 8.42 Å². The van der Waals surface area contributed by atoms with E-state index in [1.165, 1.54) is 36.2 Å². The first-order chi connectivity index (χ1) is 10.0. The Morgan fingerprint density at radius 3 is 2.38 bits per heavy atom. The lowest BCUT2D eigenvalue weighted by atomic mass is 10.2. The van der Waals surface area contributed by atoms with E-state index in [0.717, 1.165) is 5.56 Å². The number of hydrogen-bond donors (Lipinski definition) is 0. The zero-order chi connectivity index (χ0) is 14.9. The molecule has 0 saturated carbocycles. The van der Waals surface area contributed by atoms with Crippen LogP contribution in [0.5, 0.6) is 0 Å². The van der Waals surface area contributed by atoms with Gasteiger partial charge in [-0.15, -0.1) is 4.40 Å². The summed E-state index contributed by atoms with van der Waals surface area (Å²) < 4.78 is 29.9. The zero-order valence-electron chi connectivity index (χ0n) is 10.8. The minimum atomic E-state index is -3.67. The highest BCUT2D eigenvalue weighted by Crippen LogP contribution is 2.36. The van der Waals surface area contributed by atoms with Crippen molar-refractivity contribution in [1.82, 2.24) is 4.31 Å². The van der Waals surface area contributed by atoms with Crippen LogP contribution in [-0.2, 0) is 16.6 Å². The lowest BCUT2D eigenvalue weighted by Gasteiger charge is -1.99. The molecule has 3 rings (SSSR count). The molecule has 108 valence electrons. The average molecular weight is 339 g/mol. The summed E-state index contributed by atoms with van der Waals surface area (Å²) in [7, 11) is -3.67. The molecular weight excluding hydrogens is 328 g/mol. The molecule has 1 heterocycles. The number of sulfonamides is 1. The van der Waals surface area contributed by atoms with Gasteiger partial charge in [-0.25, -0.2) is 0 Å².